The Morgan fingerprint density at radius 1 is 1.09 bits per heavy atom. The molecule has 0 fully saturated rings. The molecular weight excluding hydrogens is 300 g/mol. The van der Waals surface area contributed by atoms with E-state index in [0.717, 1.165) is 11.1 Å². The maximum atomic E-state index is 12.2. The van der Waals surface area contributed by atoms with Crippen molar-refractivity contribution in [3.8, 4) is 5.75 Å². The summed E-state index contributed by atoms with van der Waals surface area (Å²) in [4.78, 5) is 23.9. The smallest absolute Gasteiger partial charge is 0.341 e. The van der Waals surface area contributed by atoms with Crippen molar-refractivity contribution in [3.05, 3.63) is 65.2 Å². The molecule has 0 amide bonds. The van der Waals surface area contributed by atoms with E-state index in [0.29, 0.717) is 0 Å². The van der Waals surface area contributed by atoms with Gasteiger partial charge in [0.15, 0.2) is 0 Å². The van der Waals surface area contributed by atoms with E-state index >= 15 is 0 Å². The molecule has 0 aliphatic carbocycles. The number of hydrogen-bond acceptors (Lipinski definition) is 5. The van der Waals surface area contributed by atoms with Crippen LogP contribution < -0.4 is 4.74 Å². The van der Waals surface area contributed by atoms with Crippen LogP contribution in [-0.2, 0) is 9.53 Å². The largest absolute Gasteiger partial charge is 0.465 e. The number of aryl methyl sites for hydroxylation is 1. The summed E-state index contributed by atoms with van der Waals surface area (Å²) >= 11 is 4.31. The molecule has 0 radical (unpaired) electrons. The maximum absolute atomic E-state index is 12.2. The van der Waals surface area contributed by atoms with Gasteiger partial charge >= 0.3 is 11.9 Å². The molecule has 0 saturated heterocycles. The fourth-order valence-corrected chi connectivity index (χ4v) is 2.19. The van der Waals surface area contributed by atoms with Crippen LogP contribution in [0.4, 0.5) is 0 Å². The Bertz CT molecular complexity index is 697. The Labute approximate surface area is 134 Å². The van der Waals surface area contributed by atoms with Gasteiger partial charge in [0.2, 0.25) is 0 Å². The van der Waals surface area contributed by atoms with Crippen LogP contribution in [0.2, 0.25) is 0 Å². The lowest BCUT2D eigenvalue weighted by Gasteiger charge is -2.13. The van der Waals surface area contributed by atoms with E-state index in [1.165, 1.54) is 13.2 Å². The number of methoxy groups -OCH3 is 1. The maximum Gasteiger partial charge on any atom is 0.341 e. The van der Waals surface area contributed by atoms with Crippen LogP contribution in [0.1, 0.15) is 26.7 Å². The second kappa shape index (κ2) is 7.13. The van der Waals surface area contributed by atoms with Crippen LogP contribution in [0.25, 0.3) is 0 Å². The van der Waals surface area contributed by atoms with Gasteiger partial charge in [-0.05, 0) is 24.6 Å². The molecule has 0 N–H and O–H groups in total. The van der Waals surface area contributed by atoms with Crippen molar-refractivity contribution in [2.45, 2.75) is 12.2 Å². The number of thiol groups is 1. The first kappa shape index (κ1) is 16.1. The minimum absolute atomic E-state index is 0.158. The molecular formula is C17H16O4S. The summed E-state index contributed by atoms with van der Waals surface area (Å²) in [7, 11) is 1.27. The average Bonchev–Trinajstić information content (AvgIpc) is 2.53. The number of ether oxygens (including phenoxy) is 2. The van der Waals surface area contributed by atoms with Crippen LogP contribution in [0.15, 0.2) is 48.5 Å². The van der Waals surface area contributed by atoms with Gasteiger partial charge in [-0.1, -0.05) is 42.0 Å². The van der Waals surface area contributed by atoms with Crippen LogP contribution >= 0.6 is 12.6 Å². The molecule has 2 rings (SSSR count). The zero-order chi connectivity index (χ0) is 16.1. The van der Waals surface area contributed by atoms with Crippen LogP contribution in [-0.4, -0.2) is 19.0 Å². The monoisotopic (exact) mass is 316 g/mol. The summed E-state index contributed by atoms with van der Waals surface area (Å²) in [6.07, 6.45) is 0. The van der Waals surface area contributed by atoms with Gasteiger partial charge in [-0.15, -0.1) is 0 Å². The van der Waals surface area contributed by atoms with E-state index in [1.54, 1.807) is 24.3 Å². The predicted molar refractivity (Wildman–Crippen MR) is 86.3 cm³/mol. The van der Waals surface area contributed by atoms with Crippen molar-refractivity contribution in [1.29, 1.82) is 0 Å². The minimum atomic E-state index is -0.731. The summed E-state index contributed by atoms with van der Waals surface area (Å²) in [6, 6.07) is 13.9. The molecule has 2 aromatic carbocycles. The van der Waals surface area contributed by atoms with Crippen molar-refractivity contribution in [2.75, 3.05) is 7.11 Å². The number of carbonyl (C=O) groups is 2. The molecule has 1 atom stereocenters. The van der Waals surface area contributed by atoms with Crippen LogP contribution in [0.5, 0.6) is 5.75 Å². The van der Waals surface area contributed by atoms with Crippen molar-refractivity contribution >= 4 is 24.6 Å². The van der Waals surface area contributed by atoms with Gasteiger partial charge in [0.25, 0.3) is 0 Å². The van der Waals surface area contributed by atoms with Gasteiger partial charge in [0.05, 0.1) is 7.11 Å². The highest BCUT2D eigenvalue weighted by Gasteiger charge is 2.21. The topological polar surface area (TPSA) is 52.6 Å². The highest BCUT2D eigenvalue weighted by atomic mass is 32.1. The molecule has 5 heteroatoms. The molecule has 0 aromatic heterocycles. The first-order chi connectivity index (χ1) is 10.5. The summed E-state index contributed by atoms with van der Waals surface area (Å²) in [5.74, 6) is -0.953. The minimum Gasteiger partial charge on any atom is -0.465 e. The Morgan fingerprint density at radius 2 is 1.82 bits per heavy atom. The Kier molecular flexibility index (Phi) is 5.22. The summed E-state index contributed by atoms with van der Waals surface area (Å²) in [5, 5.41) is -0.731. The zero-order valence-corrected chi connectivity index (χ0v) is 13.2. The van der Waals surface area contributed by atoms with Gasteiger partial charge < -0.3 is 9.47 Å². The predicted octanol–water partition coefficient (Wildman–Crippen LogP) is 3.36. The third-order valence-electron chi connectivity index (χ3n) is 3.08. The highest BCUT2D eigenvalue weighted by Crippen LogP contribution is 2.26. The lowest BCUT2D eigenvalue weighted by Crippen LogP contribution is -2.16. The molecule has 0 spiro atoms. The number of benzene rings is 2. The average molecular weight is 316 g/mol. The van der Waals surface area contributed by atoms with E-state index in [4.69, 9.17) is 4.74 Å². The molecule has 0 aliphatic rings. The molecule has 4 nitrogen and oxygen atoms in total. The third-order valence-corrected chi connectivity index (χ3v) is 3.59. The molecule has 22 heavy (non-hydrogen) atoms. The van der Waals surface area contributed by atoms with Crippen molar-refractivity contribution in [3.63, 3.8) is 0 Å². The van der Waals surface area contributed by atoms with Crippen LogP contribution in [0.3, 0.4) is 0 Å². The number of rotatable bonds is 4. The fourth-order valence-electron chi connectivity index (χ4n) is 1.97. The molecule has 2 aromatic rings. The third kappa shape index (κ3) is 3.68. The number of hydrogen-bond donors (Lipinski definition) is 1. The lowest BCUT2D eigenvalue weighted by atomic mass is 10.1. The second-order valence-electron chi connectivity index (χ2n) is 4.73. The Morgan fingerprint density at radius 3 is 2.50 bits per heavy atom. The van der Waals surface area contributed by atoms with E-state index in [-0.39, 0.29) is 11.3 Å². The quantitative estimate of drug-likeness (QED) is 0.534. The summed E-state index contributed by atoms with van der Waals surface area (Å²) in [5.41, 5.74) is 1.96. The van der Waals surface area contributed by atoms with Crippen molar-refractivity contribution in [1.82, 2.24) is 0 Å². The van der Waals surface area contributed by atoms with E-state index < -0.39 is 17.2 Å². The summed E-state index contributed by atoms with van der Waals surface area (Å²) in [6.45, 7) is 1.93. The first-order valence-electron chi connectivity index (χ1n) is 6.66. The van der Waals surface area contributed by atoms with E-state index in [1.807, 2.05) is 25.1 Å². The first-order valence-corrected chi connectivity index (χ1v) is 7.18. The standard InChI is InChI=1S/C17H16O4S/c1-11-6-5-7-12(10-11)15(22)17(19)21-14-9-4-3-8-13(14)16(18)20-2/h3-10,15,22H,1-2H3. The van der Waals surface area contributed by atoms with Gasteiger partial charge in [0, 0.05) is 0 Å². The normalized spacial score (nSPS) is 11.6. The van der Waals surface area contributed by atoms with Crippen molar-refractivity contribution in [2.24, 2.45) is 0 Å². The Balaban J connectivity index is 2.20. The molecule has 0 heterocycles. The van der Waals surface area contributed by atoms with Crippen molar-refractivity contribution < 1.29 is 19.1 Å². The molecule has 0 saturated carbocycles. The van der Waals surface area contributed by atoms with Crippen LogP contribution in [0, 0.1) is 6.92 Å². The van der Waals surface area contributed by atoms with Gasteiger partial charge in [-0.25, -0.2) is 4.79 Å². The molecule has 0 bridgehead atoms. The van der Waals surface area contributed by atoms with Gasteiger partial charge in [0.1, 0.15) is 16.6 Å². The zero-order valence-electron chi connectivity index (χ0n) is 12.3. The van der Waals surface area contributed by atoms with E-state index in [2.05, 4.69) is 17.4 Å². The highest BCUT2D eigenvalue weighted by molar-refractivity contribution is 7.81. The molecule has 0 aliphatic heterocycles. The summed E-state index contributed by atoms with van der Waals surface area (Å²) < 4.78 is 9.98. The lowest BCUT2D eigenvalue weighted by molar-refractivity contribution is -0.133. The Hall–Kier alpha value is -2.27. The SMILES string of the molecule is COC(=O)c1ccccc1OC(=O)C(S)c1cccc(C)c1. The van der Waals surface area contributed by atoms with Gasteiger partial charge in [-0.2, -0.15) is 12.6 Å². The number of carbonyl (C=O) groups excluding carboxylic acids is 2. The molecule has 114 valence electrons. The fraction of sp³-hybridized carbons (Fsp3) is 0.176. The number of para-hydroxylation sites is 1. The van der Waals surface area contributed by atoms with E-state index in [9.17, 15) is 9.59 Å². The number of esters is 2. The molecule has 1 unspecified atom stereocenters. The van der Waals surface area contributed by atoms with Gasteiger partial charge in [-0.3, -0.25) is 4.79 Å². The second-order valence-corrected chi connectivity index (χ2v) is 5.24.